The molecule has 0 aliphatic rings. The standard InChI is InChI=1S/C17H32ClN3/c1-7-21-16(17(18)14(6)20-21)9-15(8-12(2)3)11-19-10-13(4)5/h12-13,15,19H,7-11H2,1-6H3. The summed E-state index contributed by atoms with van der Waals surface area (Å²) < 4.78 is 2.06. The first-order valence-corrected chi connectivity index (χ1v) is 8.65. The van der Waals surface area contributed by atoms with Gasteiger partial charge in [0, 0.05) is 6.54 Å². The highest BCUT2D eigenvalue weighted by Gasteiger charge is 2.19. The molecule has 122 valence electrons. The minimum Gasteiger partial charge on any atom is -0.316 e. The minimum absolute atomic E-state index is 0.614. The SMILES string of the molecule is CCn1nc(C)c(Cl)c1CC(CNCC(C)C)CC(C)C. The van der Waals surface area contributed by atoms with E-state index in [0.717, 1.165) is 36.8 Å². The Balaban J connectivity index is 2.75. The number of rotatable bonds is 9. The van der Waals surface area contributed by atoms with Crippen molar-refractivity contribution in [3.05, 3.63) is 16.4 Å². The lowest BCUT2D eigenvalue weighted by atomic mass is 9.92. The van der Waals surface area contributed by atoms with Crippen LogP contribution in [-0.4, -0.2) is 22.9 Å². The van der Waals surface area contributed by atoms with E-state index < -0.39 is 0 Å². The zero-order chi connectivity index (χ0) is 16.0. The van der Waals surface area contributed by atoms with Crippen LogP contribution < -0.4 is 5.32 Å². The Morgan fingerprint density at radius 3 is 2.33 bits per heavy atom. The van der Waals surface area contributed by atoms with Crippen LogP contribution >= 0.6 is 11.6 Å². The maximum absolute atomic E-state index is 6.45. The fourth-order valence-electron chi connectivity index (χ4n) is 2.82. The van der Waals surface area contributed by atoms with Crippen LogP contribution in [0.2, 0.25) is 5.02 Å². The molecule has 0 aliphatic heterocycles. The number of nitrogens with zero attached hydrogens (tertiary/aromatic N) is 2. The average molecular weight is 314 g/mol. The van der Waals surface area contributed by atoms with E-state index in [1.165, 1.54) is 12.1 Å². The van der Waals surface area contributed by atoms with E-state index in [1.54, 1.807) is 0 Å². The van der Waals surface area contributed by atoms with Crippen LogP contribution in [0, 0.1) is 24.7 Å². The monoisotopic (exact) mass is 313 g/mol. The van der Waals surface area contributed by atoms with Crippen molar-refractivity contribution >= 4 is 11.6 Å². The van der Waals surface area contributed by atoms with Crippen LogP contribution in [0.25, 0.3) is 0 Å². The molecule has 0 saturated heterocycles. The Bertz CT molecular complexity index is 424. The van der Waals surface area contributed by atoms with Gasteiger partial charge in [-0.25, -0.2) is 0 Å². The molecule has 0 aliphatic carbocycles. The first-order valence-electron chi connectivity index (χ1n) is 8.27. The van der Waals surface area contributed by atoms with Crippen molar-refractivity contribution in [1.29, 1.82) is 0 Å². The summed E-state index contributed by atoms with van der Waals surface area (Å²) >= 11 is 6.45. The van der Waals surface area contributed by atoms with E-state index in [1.807, 2.05) is 6.92 Å². The van der Waals surface area contributed by atoms with Crippen molar-refractivity contribution in [3.8, 4) is 0 Å². The Labute approximate surface area is 135 Å². The number of hydrogen-bond donors (Lipinski definition) is 1. The van der Waals surface area contributed by atoms with Crippen molar-refractivity contribution < 1.29 is 0 Å². The lowest BCUT2D eigenvalue weighted by Crippen LogP contribution is -2.29. The maximum atomic E-state index is 6.45. The van der Waals surface area contributed by atoms with Crippen molar-refractivity contribution in [2.45, 2.75) is 60.9 Å². The summed E-state index contributed by atoms with van der Waals surface area (Å²) in [4.78, 5) is 0. The largest absolute Gasteiger partial charge is 0.316 e. The van der Waals surface area contributed by atoms with Crippen LogP contribution in [0.15, 0.2) is 0 Å². The van der Waals surface area contributed by atoms with Gasteiger partial charge in [-0.3, -0.25) is 4.68 Å². The molecule has 0 radical (unpaired) electrons. The van der Waals surface area contributed by atoms with Gasteiger partial charge in [0.25, 0.3) is 0 Å². The highest BCUT2D eigenvalue weighted by Crippen LogP contribution is 2.25. The lowest BCUT2D eigenvalue weighted by molar-refractivity contribution is 0.368. The van der Waals surface area contributed by atoms with Gasteiger partial charge < -0.3 is 5.32 Å². The maximum Gasteiger partial charge on any atom is 0.0847 e. The molecule has 1 atom stereocenters. The Hall–Kier alpha value is -0.540. The quantitative estimate of drug-likeness (QED) is 0.736. The second-order valence-electron chi connectivity index (χ2n) is 6.91. The zero-order valence-corrected chi connectivity index (χ0v) is 15.3. The predicted molar refractivity (Wildman–Crippen MR) is 92.0 cm³/mol. The smallest absolute Gasteiger partial charge is 0.0847 e. The third kappa shape index (κ3) is 5.99. The normalized spacial score (nSPS) is 13.4. The molecule has 1 rings (SSSR count). The molecule has 4 heteroatoms. The Morgan fingerprint density at radius 1 is 1.14 bits per heavy atom. The van der Waals surface area contributed by atoms with E-state index in [-0.39, 0.29) is 0 Å². The van der Waals surface area contributed by atoms with Crippen molar-refractivity contribution in [2.75, 3.05) is 13.1 Å². The zero-order valence-electron chi connectivity index (χ0n) is 14.5. The summed E-state index contributed by atoms with van der Waals surface area (Å²) in [5, 5.41) is 8.99. The lowest BCUT2D eigenvalue weighted by Gasteiger charge is -2.21. The summed E-state index contributed by atoms with van der Waals surface area (Å²) in [6.45, 7) is 16.2. The van der Waals surface area contributed by atoms with E-state index in [4.69, 9.17) is 11.6 Å². The summed E-state index contributed by atoms with van der Waals surface area (Å²) in [6.07, 6.45) is 2.23. The molecule has 1 aromatic heterocycles. The van der Waals surface area contributed by atoms with Crippen LogP contribution in [-0.2, 0) is 13.0 Å². The number of aromatic nitrogens is 2. The number of aryl methyl sites for hydroxylation is 2. The van der Waals surface area contributed by atoms with Gasteiger partial charge in [0.1, 0.15) is 0 Å². The summed E-state index contributed by atoms with van der Waals surface area (Å²) in [6, 6.07) is 0. The van der Waals surface area contributed by atoms with Gasteiger partial charge in [0.2, 0.25) is 0 Å². The fourth-order valence-corrected chi connectivity index (χ4v) is 3.03. The van der Waals surface area contributed by atoms with Gasteiger partial charge in [0.15, 0.2) is 0 Å². The van der Waals surface area contributed by atoms with Gasteiger partial charge in [-0.1, -0.05) is 39.3 Å². The molecular formula is C17H32ClN3. The molecule has 1 aromatic rings. The second kappa shape index (κ2) is 8.79. The first kappa shape index (κ1) is 18.5. The van der Waals surface area contributed by atoms with Crippen molar-refractivity contribution in [1.82, 2.24) is 15.1 Å². The minimum atomic E-state index is 0.614. The van der Waals surface area contributed by atoms with Crippen LogP contribution in [0.4, 0.5) is 0 Å². The Kier molecular flexibility index (Phi) is 7.75. The molecule has 3 nitrogen and oxygen atoms in total. The molecule has 0 amide bonds. The third-order valence-corrected chi connectivity index (χ3v) is 4.22. The molecule has 0 saturated carbocycles. The van der Waals surface area contributed by atoms with Crippen LogP contribution in [0.3, 0.4) is 0 Å². The molecule has 0 bridgehead atoms. The number of hydrogen-bond acceptors (Lipinski definition) is 2. The van der Waals surface area contributed by atoms with Crippen molar-refractivity contribution in [2.24, 2.45) is 17.8 Å². The van der Waals surface area contributed by atoms with E-state index in [9.17, 15) is 0 Å². The summed E-state index contributed by atoms with van der Waals surface area (Å²) in [5.74, 6) is 2.01. The molecule has 0 fully saturated rings. The first-order chi connectivity index (χ1) is 9.85. The molecular weight excluding hydrogens is 282 g/mol. The molecule has 1 heterocycles. The summed E-state index contributed by atoms with van der Waals surface area (Å²) in [7, 11) is 0. The topological polar surface area (TPSA) is 29.9 Å². The van der Waals surface area contributed by atoms with Gasteiger partial charge in [-0.15, -0.1) is 0 Å². The second-order valence-corrected chi connectivity index (χ2v) is 7.29. The van der Waals surface area contributed by atoms with Crippen LogP contribution in [0.1, 0.15) is 52.4 Å². The fraction of sp³-hybridized carbons (Fsp3) is 0.824. The number of nitrogens with one attached hydrogen (secondary N) is 1. The van der Waals surface area contributed by atoms with Gasteiger partial charge in [0.05, 0.1) is 16.4 Å². The number of halogens is 1. The molecule has 1 N–H and O–H groups in total. The average Bonchev–Trinajstić information content (AvgIpc) is 2.65. The van der Waals surface area contributed by atoms with E-state index in [0.29, 0.717) is 17.8 Å². The van der Waals surface area contributed by atoms with E-state index >= 15 is 0 Å². The summed E-state index contributed by atoms with van der Waals surface area (Å²) in [5.41, 5.74) is 2.15. The van der Waals surface area contributed by atoms with Gasteiger partial charge >= 0.3 is 0 Å². The van der Waals surface area contributed by atoms with E-state index in [2.05, 4.69) is 49.7 Å². The molecule has 1 unspecified atom stereocenters. The predicted octanol–water partition coefficient (Wildman–Crippen LogP) is 4.32. The molecule has 21 heavy (non-hydrogen) atoms. The highest BCUT2D eigenvalue weighted by atomic mass is 35.5. The Morgan fingerprint density at radius 2 is 1.81 bits per heavy atom. The van der Waals surface area contributed by atoms with Crippen molar-refractivity contribution in [3.63, 3.8) is 0 Å². The third-order valence-electron chi connectivity index (χ3n) is 3.73. The van der Waals surface area contributed by atoms with Gasteiger partial charge in [-0.2, -0.15) is 5.10 Å². The van der Waals surface area contributed by atoms with Gasteiger partial charge in [-0.05, 0) is 57.5 Å². The molecule has 0 spiro atoms. The highest BCUT2D eigenvalue weighted by molar-refractivity contribution is 6.31. The molecule has 0 aromatic carbocycles. The van der Waals surface area contributed by atoms with Crippen LogP contribution in [0.5, 0.6) is 0 Å².